The van der Waals surface area contributed by atoms with Gasteiger partial charge in [0.25, 0.3) is 5.69 Å². The van der Waals surface area contributed by atoms with E-state index in [4.69, 9.17) is 5.26 Å². The predicted molar refractivity (Wildman–Crippen MR) is 89.7 cm³/mol. The first-order chi connectivity index (χ1) is 9.63. The van der Waals surface area contributed by atoms with E-state index in [0.717, 1.165) is 31.7 Å². The zero-order valence-electron chi connectivity index (χ0n) is 12.3. The van der Waals surface area contributed by atoms with E-state index in [1.54, 1.807) is 19.1 Å². The second-order valence-corrected chi connectivity index (χ2v) is 4.97. The Hall–Kier alpha value is -1.39. The molecule has 0 amide bonds. The van der Waals surface area contributed by atoms with Crippen LogP contribution in [0.4, 0.5) is 5.69 Å². The number of hydrogen-bond acceptors (Lipinski definition) is 5. The molecule has 6 nitrogen and oxygen atoms in total. The van der Waals surface area contributed by atoms with Crippen molar-refractivity contribution in [2.24, 2.45) is 0 Å². The highest BCUT2D eigenvalue weighted by Gasteiger charge is 2.24. The third-order valence-corrected chi connectivity index (χ3v) is 3.69. The zero-order valence-corrected chi connectivity index (χ0v) is 14.0. The minimum Gasteiger partial charge on any atom is -0.314 e. The first-order valence-corrected chi connectivity index (χ1v) is 6.70. The molecule has 1 aliphatic rings. The summed E-state index contributed by atoms with van der Waals surface area (Å²) in [7, 11) is 0. The van der Waals surface area contributed by atoms with Gasteiger partial charge in [0.1, 0.15) is 0 Å². The Balaban J connectivity index is 0.00000220. The van der Waals surface area contributed by atoms with Crippen LogP contribution in [0.1, 0.15) is 23.6 Å². The van der Waals surface area contributed by atoms with E-state index in [9.17, 15) is 10.1 Å². The van der Waals surface area contributed by atoms with E-state index < -0.39 is 0 Å². The molecule has 1 aromatic carbocycles. The summed E-state index contributed by atoms with van der Waals surface area (Å²) in [6, 6.07) is 7.40. The van der Waals surface area contributed by atoms with Crippen molar-refractivity contribution in [3.8, 4) is 6.07 Å². The van der Waals surface area contributed by atoms with Gasteiger partial charge in [0.15, 0.2) is 0 Å². The van der Waals surface area contributed by atoms with Gasteiger partial charge in [-0.05, 0) is 12.5 Å². The average Bonchev–Trinajstić information content (AvgIpc) is 2.46. The van der Waals surface area contributed by atoms with Gasteiger partial charge in [0, 0.05) is 43.9 Å². The van der Waals surface area contributed by atoms with Gasteiger partial charge in [-0.25, -0.2) is 0 Å². The normalized spacial score (nSPS) is 15.8. The lowest BCUT2D eigenvalue weighted by Gasteiger charge is -2.34. The molecule has 1 aromatic rings. The van der Waals surface area contributed by atoms with Gasteiger partial charge in [0.2, 0.25) is 0 Å². The fourth-order valence-corrected chi connectivity index (χ4v) is 2.57. The largest absolute Gasteiger partial charge is 0.314 e. The van der Waals surface area contributed by atoms with Crippen molar-refractivity contribution < 1.29 is 4.92 Å². The van der Waals surface area contributed by atoms with Crippen molar-refractivity contribution in [1.82, 2.24) is 10.2 Å². The Morgan fingerprint density at radius 3 is 2.59 bits per heavy atom. The van der Waals surface area contributed by atoms with E-state index in [1.165, 1.54) is 0 Å². The molecule has 0 spiro atoms. The molecule has 8 heteroatoms. The Morgan fingerprint density at radius 1 is 1.41 bits per heavy atom. The fourth-order valence-electron chi connectivity index (χ4n) is 2.57. The number of halogens is 2. The predicted octanol–water partition coefficient (Wildman–Crippen LogP) is 2.61. The number of hydrogen-bond donors (Lipinski definition) is 1. The number of nitrogens with zero attached hydrogens (tertiary/aromatic N) is 3. The molecular formula is C14H20Cl2N4O2. The molecule has 0 aliphatic carbocycles. The summed E-state index contributed by atoms with van der Waals surface area (Å²) in [6.07, 6.45) is 0.347. The molecule has 0 unspecified atom stereocenters. The lowest BCUT2D eigenvalue weighted by Crippen LogP contribution is -2.45. The molecule has 1 N–H and O–H groups in total. The molecule has 0 aromatic heterocycles. The lowest BCUT2D eigenvalue weighted by atomic mass is 9.99. The highest BCUT2D eigenvalue weighted by Crippen LogP contribution is 2.29. The van der Waals surface area contributed by atoms with E-state index in [-0.39, 0.29) is 41.5 Å². The summed E-state index contributed by atoms with van der Waals surface area (Å²) in [5.74, 6) is 0. The van der Waals surface area contributed by atoms with Gasteiger partial charge in [0.05, 0.1) is 17.4 Å². The highest BCUT2D eigenvalue weighted by atomic mass is 35.5. The standard InChI is InChI=1S/C14H18N4O2.2ClH/c1-11-2-3-12(10-14(11)18(19)20)13(4-5-15)17-8-6-16-7-9-17;;/h2-3,10,13,16H,4,6-9H2,1H3;2*1H/t13-;;/m0../s1. The van der Waals surface area contributed by atoms with Crippen LogP contribution in [0.2, 0.25) is 0 Å². The minimum atomic E-state index is -0.361. The van der Waals surface area contributed by atoms with Crippen LogP contribution in [-0.4, -0.2) is 36.0 Å². The lowest BCUT2D eigenvalue weighted by molar-refractivity contribution is -0.385. The zero-order chi connectivity index (χ0) is 14.5. The van der Waals surface area contributed by atoms with Crippen LogP contribution >= 0.6 is 24.8 Å². The molecule has 1 atom stereocenters. The number of aryl methyl sites for hydroxylation is 1. The van der Waals surface area contributed by atoms with Crippen LogP contribution in [0.3, 0.4) is 0 Å². The molecule has 0 radical (unpaired) electrons. The number of nitriles is 1. The fraction of sp³-hybridized carbons (Fsp3) is 0.500. The molecule has 1 fully saturated rings. The quantitative estimate of drug-likeness (QED) is 0.669. The van der Waals surface area contributed by atoms with Gasteiger partial charge >= 0.3 is 0 Å². The Bertz CT molecular complexity index is 542. The molecule has 1 aliphatic heterocycles. The van der Waals surface area contributed by atoms with Crippen LogP contribution in [0.5, 0.6) is 0 Å². The molecule has 22 heavy (non-hydrogen) atoms. The molecular weight excluding hydrogens is 327 g/mol. The summed E-state index contributed by atoms with van der Waals surface area (Å²) in [5, 5.41) is 23.4. The van der Waals surface area contributed by atoms with Crippen molar-refractivity contribution >= 4 is 30.5 Å². The van der Waals surface area contributed by atoms with Gasteiger partial charge in [-0.1, -0.05) is 12.1 Å². The first kappa shape index (κ1) is 20.6. The molecule has 0 bridgehead atoms. The van der Waals surface area contributed by atoms with Gasteiger partial charge in [-0.2, -0.15) is 5.26 Å². The second kappa shape index (κ2) is 9.59. The van der Waals surface area contributed by atoms with Crippen LogP contribution in [0, 0.1) is 28.4 Å². The SMILES string of the molecule is Cc1ccc([C@H](CC#N)N2CCNCC2)cc1[N+](=O)[O-].Cl.Cl. The highest BCUT2D eigenvalue weighted by molar-refractivity contribution is 5.85. The third kappa shape index (κ3) is 4.82. The number of nitrogens with one attached hydrogen (secondary N) is 1. The van der Waals surface area contributed by atoms with Gasteiger partial charge in [-0.3, -0.25) is 15.0 Å². The van der Waals surface area contributed by atoms with Crippen molar-refractivity contribution in [3.05, 3.63) is 39.4 Å². The number of nitro groups is 1. The molecule has 1 heterocycles. The maximum atomic E-state index is 11.0. The van der Waals surface area contributed by atoms with E-state index in [1.807, 2.05) is 6.07 Å². The number of benzene rings is 1. The Kier molecular flexibility index (Phi) is 8.99. The molecule has 122 valence electrons. The number of piperazine rings is 1. The Labute approximate surface area is 142 Å². The number of nitro benzene ring substituents is 1. The summed E-state index contributed by atoms with van der Waals surface area (Å²) >= 11 is 0. The maximum Gasteiger partial charge on any atom is 0.272 e. The van der Waals surface area contributed by atoms with Gasteiger partial charge < -0.3 is 5.32 Å². The smallest absolute Gasteiger partial charge is 0.272 e. The third-order valence-electron chi connectivity index (χ3n) is 3.69. The Morgan fingerprint density at radius 2 is 2.05 bits per heavy atom. The van der Waals surface area contributed by atoms with E-state index in [2.05, 4.69) is 16.3 Å². The second-order valence-electron chi connectivity index (χ2n) is 4.97. The summed E-state index contributed by atoms with van der Waals surface area (Å²) < 4.78 is 0. The van der Waals surface area contributed by atoms with Crippen molar-refractivity contribution in [1.29, 1.82) is 5.26 Å². The van der Waals surface area contributed by atoms with Crippen molar-refractivity contribution in [2.75, 3.05) is 26.2 Å². The van der Waals surface area contributed by atoms with Gasteiger partial charge in [-0.15, -0.1) is 24.8 Å². The topological polar surface area (TPSA) is 82.2 Å². The van der Waals surface area contributed by atoms with Crippen LogP contribution < -0.4 is 5.32 Å². The first-order valence-electron chi connectivity index (χ1n) is 6.70. The van der Waals surface area contributed by atoms with E-state index in [0.29, 0.717) is 12.0 Å². The minimum absolute atomic E-state index is 0. The van der Waals surface area contributed by atoms with Crippen molar-refractivity contribution in [2.45, 2.75) is 19.4 Å². The summed E-state index contributed by atoms with van der Waals surface area (Å²) in [6.45, 7) is 5.21. The van der Waals surface area contributed by atoms with Crippen LogP contribution in [-0.2, 0) is 0 Å². The van der Waals surface area contributed by atoms with Crippen LogP contribution in [0.15, 0.2) is 18.2 Å². The summed E-state index contributed by atoms with van der Waals surface area (Å²) in [5.41, 5.74) is 1.63. The van der Waals surface area contributed by atoms with E-state index >= 15 is 0 Å². The summed E-state index contributed by atoms with van der Waals surface area (Å²) in [4.78, 5) is 12.9. The van der Waals surface area contributed by atoms with Crippen molar-refractivity contribution in [3.63, 3.8) is 0 Å². The monoisotopic (exact) mass is 346 g/mol. The number of rotatable bonds is 4. The molecule has 2 rings (SSSR count). The molecule has 0 saturated carbocycles. The van der Waals surface area contributed by atoms with Crippen LogP contribution in [0.25, 0.3) is 0 Å². The maximum absolute atomic E-state index is 11.0. The molecule has 1 saturated heterocycles. The average molecular weight is 347 g/mol.